The minimum atomic E-state index is 0.187. The fourth-order valence-corrected chi connectivity index (χ4v) is 4.63. The molecule has 1 saturated heterocycles. The molecule has 1 fully saturated rings. The SMILES string of the molecule is COc1ccc(O)c(CN(C)Cc2nnc(SCc3ccccn3)n2C[C@@H]2CCCO2)c1. The molecule has 0 amide bonds. The van der Waals surface area contributed by atoms with E-state index in [0.29, 0.717) is 13.1 Å². The molecule has 1 N–H and O–H groups in total. The predicted octanol–water partition coefficient (Wildman–Crippen LogP) is 3.49. The molecule has 3 heterocycles. The molecule has 0 aliphatic carbocycles. The smallest absolute Gasteiger partial charge is 0.191 e. The summed E-state index contributed by atoms with van der Waals surface area (Å²) in [5, 5.41) is 20.1. The van der Waals surface area contributed by atoms with Crippen LogP contribution in [0, 0.1) is 0 Å². The summed E-state index contributed by atoms with van der Waals surface area (Å²) in [7, 11) is 3.63. The molecular formula is C23H29N5O3S. The van der Waals surface area contributed by atoms with Gasteiger partial charge in [-0.15, -0.1) is 10.2 Å². The van der Waals surface area contributed by atoms with E-state index in [2.05, 4.69) is 24.6 Å². The maximum atomic E-state index is 10.2. The number of aromatic hydroxyl groups is 1. The van der Waals surface area contributed by atoms with Crippen molar-refractivity contribution >= 4 is 11.8 Å². The summed E-state index contributed by atoms with van der Waals surface area (Å²) in [4.78, 5) is 6.51. The van der Waals surface area contributed by atoms with Crippen molar-refractivity contribution in [1.29, 1.82) is 0 Å². The molecule has 0 saturated carbocycles. The first kappa shape index (κ1) is 22.6. The Kier molecular flexibility index (Phi) is 7.62. The summed E-state index contributed by atoms with van der Waals surface area (Å²) in [6.07, 6.45) is 4.14. The highest BCUT2D eigenvalue weighted by molar-refractivity contribution is 7.98. The van der Waals surface area contributed by atoms with Crippen molar-refractivity contribution in [2.45, 2.75) is 49.5 Å². The summed E-state index contributed by atoms with van der Waals surface area (Å²) in [6, 6.07) is 11.2. The van der Waals surface area contributed by atoms with Crippen molar-refractivity contribution < 1.29 is 14.6 Å². The Morgan fingerprint density at radius 2 is 2.16 bits per heavy atom. The molecule has 2 aromatic heterocycles. The van der Waals surface area contributed by atoms with Crippen molar-refractivity contribution in [3.05, 3.63) is 59.7 Å². The summed E-state index contributed by atoms with van der Waals surface area (Å²) >= 11 is 1.64. The molecule has 3 aromatic rings. The number of benzene rings is 1. The molecule has 0 bridgehead atoms. The number of phenols is 1. The molecule has 1 aromatic carbocycles. The quantitative estimate of drug-likeness (QED) is 0.465. The summed E-state index contributed by atoms with van der Waals surface area (Å²) in [5.41, 5.74) is 1.82. The predicted molar refractivity (Wildman–Crippen MR) is 123 cm³/mol. The van der Waals surface area contributed by atoms with Gasteiger partial charge in [0.1, 0.15) is 17.3 Å². The molecule has 8 nitrogen and oxygen atoms in total. The molecule has 1 aliphatic rings. The molecule has 170 valence electrons. The van der Waals surface area contributed by atoms with E-state index in [0.717, 1.165) is 59.7 Å². The van der Waals surface area contributed by atoms with Gasteiger partial charge in [-0.1, -0.05) is 17.8 Å². The number of pyridine rings is 1. The Balaban J connectivity index is 1.48. The zero-order chi connectivity index (χ0) is 22.3. The second kappa shape index (κ2) is 10.8. The van der Waals surface area contributed by atoms with Crippen LogP contribution in [0.4, 0.5) is 0 Å². The third kappa shape index (κ3) is 5.79. The summed E-state index contributed by atoms with van der Waals surface area (Å²) in [6.45, 7) is 2.71. The van der Waals surface area contributed by atoms with Crippen molar-refractivity contribution in [3.63, 3.8) is 0 Å². The van der Waals surface area contributed by atoms with Gasteiger partial charge in [-0.05, 0) is 50.2 Å². The number of phenolic OH excluding ortho intramolecular Hbond substituents is 1. The molecule has 9 heteroatoms. The van der Waals surface area contributed by atoms with E-state index in [1.54, 1.807) is 37.2 Å². The minimum Gasteiger partial charge on any atom is -0.508 e. The minimum absolute atomic E-state index is 0.187. The van der Waals surface area contributed by atoms with Gasteiger partial charge in [-0.25, -0.2) is 0 Å². The number of hydrogen-bond acceptors (Lipinski definition) is 8. The van der Waals surface area contributed by atoms with Crippen molar-refractivity contribution in [2.24, 2.45) is 0 Å². The van der Waals surface area contributed by atoms with Gasteiger partial charge in [0.05, 0.1) is 32.0 Å². The van der Waals surface area contributed by atoms with Crippen LogP contribution in [0.2, 0.25) is 0 Å². The molecule has 4 rings (SSSR count). The average Bonchev–Trinajstić information content (AvgIpc) is 3.45. The first-order valence-corrected chi connectivity index (χ1v) is 11.7. The van der Waals surface area contributed by atoms with E-state index >= 15 is 0 Å². The fourth-order valence-electron chi connectivity index (χ4n) is 3.74. The first-order valence-electron chi connectivity index (χ1n) is 10.7. The lowest BCUT2D eigenvalue weighted by molar-refractivity contribution is 0.0934. The standard InChI is InChI=1S/C23H29N5O3S/c1-27(13-17-12-19(30-2)8-9-21(17)29)15-22-25-26-23(28(22)14-20-7-5-11-31-20)32-16-18-6-3-4-10-24-18/h3-4,6,8-10,12,20,29H,5,7,11,13-16H2,1-2H3/t20-/m0/s1. The van der Waals surface area contributed by atoms with Crippen molar-refractivity contribution in [2.75, 3.05) is 20.8 Å². The second-order valence-corrected chi connectivity index (χ2v) is 8.86. The average molecular weight is 456 g/mol. The lowest BCUT2D eigenvalue weighted by Crippen LogP contribution is -2.23. The van der Waals surface area contributed by atoms with Crippen LogP contribution in [-0.2, 0) is 30.1 Å². The number of aromatic nitrogens is 4. The molecule has 1 atom stereocenters. The molecule has 32 heavy (non-hydrogen) atoms. The Labute approximate surface area is 192 Å². The van der Waals surface area contributed by atoms with Gasteiger partial charge < -0.3 is 19.1 Å². The number of hydrogen-bond donors (Lipinski definition) is 1. The van der Waals surface area contributed by atoms with Crippen LogP contribution < -0.4 is 4.74 Å². The first-order chi connectivity index (χ1) is 15.6. The van der Waals surface area contributed by atoms with Crippen molar-refractivity contribution in [3.8, 4) is 11.5 Å². The van der Waals surface area contributed by atoms with Crippen LogP contribution in [0.3, 0.4) is 0 Å². The van der Waals surface area contributed by atoms with Gasteiger partial charge in [-0.2, -0.15) is 0 Å². The highest BCUT2D eigenvalue weighted by atomic mass is 32.2. The fraction of sp³-hybridized carbons (Fsp3) is 0.435. The maximum absolute atomic E-state index is 10.2. The highest BCUT2D eigenvalue weighted by Gasteiger charge is 2.22. The van der Waals surface area contributed by atoms with Crippen LogP contribution >= 0.6 is 11.8 Å². The molecule has 1 aliphatic heterocycles. The Morgan fingerprint density at radius 3 is 2.91 bits per heavy atom. The number of nitrogens with zero attached hydrogens (tertiary/aromatic N) is 5. The van der Waals surface area contributed by atoms with Crippen molar-refractivity contribution in [1.82, 2.24) is 24.6 Å². The van der Waals surface area contributed by atoms with E-state index in [1.165, 1.54) is 0 Å². The zero-order valence-corrected chi connectivity index (χ0v) is 19.3. The van der Waals surface area contributed by atoms with Gasteiger partial charge in [0.15, 0.2) is 5.16 Å². The van der Waals surface area contributed by atoms with Crippen LogP contribution in [0.1, 0.15) is 29.9 Å². The Hall–Kier alpha value is -2.62. The summed E-state index contributed by atoms with van der Waals surface area (Å²) < 4.78 is 13.3. The molecular weight excluding hydrogens is 426 g/mol. The largest absolute Gasteiger partial charge is 0.508 e. The number of rotatable bonds is 10. The monoisotopic (exact) mass is 455 g/mol. The van der Waals surface area contributed by atoms with E-state index in [9.17, 15) is 5.11 Å². The van der Waals surface area contributed by atoms with Gasteiger partial charge >= 0.3 is 0 Å². The topological polar surface area (TPSA) is 85.5 Å². The molecule has 0 radical (unpaired) electrons. The second-order valence-electron chi connectivity index (χ2n) is 7.92. The van der Waals surface area contributed by atoms with E-state index in [1.807, 2.05) is 31.3 Å². The van der Waals surface area contributed by atoms with Crippen LogP contribution in [0.15, 0.2) is 47.8 Å². The Bertz CT molecular complexity index is 1010. The maximum Gasteiger partial charge on any atom is 0.191 e. The number of thioether (sulfide) groups is 1. The third-order valence-corrected chi connectivity index (χ3v) is 6.42. The number of ether oxygens (including phenoxy) is 2. The van der Waals surface area contributed by atoms with Gasteiger partial charge in [0.2, 0.25) is 0 Å². The van der Waals surface area contributed by atoms with Gasteiger partial charge in [0, 0.05) is 30.7 Å². The van der Waals surface area contributed by atoms with Crippen LogP contribution in [-0.4, -0.2) is 56.6 Å². The van der Waals surface area contributed by atoms with Gasteiger partial charge in [-0.3, -0.25) is 9.88 Å². The lowest BCUT2D eigenvalue weighted by atomic mass is 10.2. The lowest BCUT2D eigenvalue weighted by Gasteiger charge is -2.19. The van der Waals surface area contributed by atoms with Crippen LogP contribution in [0.5, 0.6) is 11.5 Å². The third-order valence-electron chi connectivity index (χ3n) is 5.42. The Morgan fingerprint density at radius 1 is 1.25 bits per heavy atom. The van der Waals surface area contributed by atoms with E-state index < -0.39 is 0 Å². The van der Waals surface area contributed by atoms with Crippen LogP contribution in [0.25, 0.3) is 0 Å². The van der Waals surface area contributed by atoms with Gasteiger partial charge in [0.25, 0.3) is 0 Å². The normalized spacial score (nSPS) is 16.0. The zero-order valence-electron chi connectivity index (χ0n) is 18.5. The highest BCUT2D eigenvalue weighted by Crippen LogP contribution is 2.26. The van der Waals surface area contributed by atoms with E-state index in [4.69, 9.17) is 9.47 Å². The molecule has 0 spiro atoms. The molecule has 0 unspecified atom stereocenters. The van der Waals surface area contributed by atoms with E-state index in [-0.39, 0.29) is 11.9 Å². The number of methoxy groups -OCH3 is 1. The summed E-state index contributed by atoms with van der Waals surface area (Å²) in [5.74, 6) is 2.60.